The average Bonchev–Trinajstić information content (AvgIpc) is 3.38. The summed E-state index contributed by atoms with van der Waals surface area (Å²) in [6.45, 7) is 9.26. The van der Waals surface area contributed by atoms with E-state index in [4.69, 9.17) is 16.3 Å². The van der Waals surface area contributed by atoms with Gasteiger partial charge in [0, 0.05) is 62.0 Å². The van der Waals surface area contributed by atoms with Gasteiger partial charge in [-0.3, -0.25) is 19.5 Å². The molecule has 6 nitrogen and oxygen atoms in total. The molecule has 4 rings (SSSR count). The highest BCUT2D eigenvalue weighted by atomic mass is 35.5. The maximum absolute atomic E-state index is 13.9. The van der Waals surface area contributed by atoms with E-state index < -0.39 is 5.82 Å². The molecule has 0 saturated carbocycles. The number of ketones is 1. The van der Waals surface area contributed by atoms with Crippen LogP contribution in [0.25, 0.3) is 0 Å². The summed E-state index contributed by atoms with van der Waals surface area (Å²) in [4.78, 5) is 34.1. The van der Waals surface area contributed by atoms with Crippen LogP contribution in [0.4, 0.5) is 4.39 Å². The van der Waals surface area contributed by atoms with Crippen molar-refractivity contribution >= 4 is 23.3 Å². The van der Waals surface area contributed by atoms with Crippen LogP contribution in [0.3, 0.4) is 0 Å². The smallest absolute Gasteiger partial charge is 0.252 e. The van der Waals surface area contributed by atoms with E-state index in [0.717, 1.165) is 49.0 Å². The largest absolute Gasteiger partial charge is 0.368 e. The van der Waals surface area contributed by atoms with Crippen LogP contribution in [0.15, 0.2) is 24.4 Å². The van der Waals surface area contributed by atoms with Gasteiger partial charge in [0.1, 0.15) is 11.9 Å². The van der Waals surface area contributed by atoms with Crippen LogP contribution in [0, 0.1) is 19.7 Å². The van der Waals surface area contributed by atoms with Crippen molar-refractivity contribution in [2.45, 2.75) is 65.1 Å². The number of rotatable bonds is 7. The molecule has 0 N–H and O–H groups in total. The number of carbonyl (C=O) groups excluding carboxylic acids is 2. The van der Waals surface area contributed by atoms with E-state index in [9.17, 15) is 14.0 Å². The molecule has 2 atom stereocenters. The van der Waals surface area contributed by atoms with Gasteiger partial charge in [-0.1, -0.05) is 18.5 Å². The predicted octanol–water partition coefficient (Wildman–Crippen LogP) is 4.52. The molecule has 3 heterocycles. The fourth-order valence-corrected chi connectivity index (χ4v) is 5.24. The molecule has 1 aromatic heterocycles. The molecule has 0 aliphatic carbocycles. The Hall–Kier alpha value is -2.35. The molecule has 0 bridgehead atoms. The maximum Gasteiger partial charge on any atom is 0.252 e. The molecule has 1 amide bonds. The Kier molecular flexibility index (Phi) is 8.19. The zero-order valence-electron chi connectivity index (χ0n) is 20.7. The van der Waals surface area contributed by atoms with Gasteiger partial charge in [-0.25, -0.2) is 4.39 Å². The van der Waals surface area contributed by atoms with E-state index in [2.05, 4.69) is 16.8 Å². The fraction of sp³-hybridized carbons (Fsp3) is 0.519. The van der Waals surface area contributed by atoms with Crippen LogP contribution in [0.1, 0.15) is 58.9 Å². The number of aromatic nitrogens is 1. The van der Waals surface area contributed by atoms with Crippen LogP contribution in [0.5, 0.6) is 0 Å². The van der Waals surface area contributed by atoms with Crippen LogP contribution in [-0.2, 0) is 22.5 Å². The Morgan fingerprint density at radius 1 is 1.20 bits per heavy atom. The first-order valence-corrected chi connectivity index (χ1v) is 12.7. The lowest BCUT2D eigenvalue weighted by atomic mass is 9.95. The number of hydrogen-bond acceptors (Lipinski definition) is 5. The van der Waals surface area contributed by atoms with E-state index in [1.54, 1.807) is 6.92 Å². The van der Waals surface area contributed by atoms with Gasteiger partial charge in [-0.15, -0.1) is 0 Å². The second-order valence-corrected chi connectivity index (χ2v) is 10.0. The molecule has 8 heteroatoms. The third-order valence-electron chi connectivity index (χ3n) is 7.21. The molecular weight excluding hydrogens is 469 g/mol. The summed E-state index contributed by atoms with van der Waals surface area (Å²) in [5.74, 6) is -0.558. The number of nitrogens with zero attached hydrogens (tertiary/aromatic N) is 3. The maximum atomic E-state index is 13.9. The number of aryl methyl sites for hydroxylation is 1. The first kappa shape index (κ1) is 25.7. The van der Waals surface area contributed by atoms with Gasteiger partial charge in [0.05, 0.1) is 5.69 Å². The molecule has 188 valence electrons. The number of piperazine rings is 1. The third kappa shape index (κ3) is 5.90. The number of ether oxygens (including phenoxy) is 1. The number of amides is 1. The second kappa shape index (κ2) is 11.1. The van der Waals surface area contributed by atoms with Crippen molar-refractivity contribution in [2.75, 3.05) is 26.2 Å². The molecule has 0 radical (unpaired) electrons. The summed E-state index contributed by atoms with van der Waals surface area (Å²) in [6.07, 6.45) is 3.90. The topological polar surface area (TPSA) is 62.7 Å². The lowest BCUT2D eigenvalue weighted by Gasteiger charge is -2.42. The van der Waals surface area contributed by atoms with Crippen molar-refractivity contribution in [3.63, 3.8) is 0 Å². The Morgan fingerprint density at radius 2 is 1.97 bits per heavy atom. The van der Waals surface area contributed by atoms with Crippen molar-refractivity contribution in [1.29, 1.82) is 0 Å². The number of pyridine rings is 1. The highest BCUT2D eigenvalue weighted by Gasteiger charge is 2.35. The van der Waals surface area contributed by atoms with Crippen molar-refractivity contribution in [2.24, 2.45) is 0 Å². The molecule has 0 unspecified atom stereocenters. The van der Waals surface area contributed by atoms with Gasteiger partial charge in [0.15, 0.2) is 5.78 Å². The van der Waals surface area contributed by atoms with E-state index in [1.165, 1.54) is 12.3 Å². The van der Waals surface area contributed by atoms with Crippen LogP contribution >= 0.6 is 11.6 Å². The molecule has 1 aromatic carbocycles. The van der Waals surface area contributed by atoms with Crippen LogP contribution < -0.4 is 0 Å². The number of benzene rings is 1. The SMILES string of the molecule is CC[C@H]1CN(Cc2cc(Cl)cc(CC(=O)c3cnc(C)c(F)c3)c2C)CCN1C(=O)[C@H]1CCCO1. The Morgan fingerprint density at radius 3 is 2.66 bits per heavy atom. The Balaban J connectivity index is 1.45. The minimum absolute atomic E-state index is 0.121. The summed E-state index contributed by atoms with van der Waals surface area (Å²) in [7, 11) is 0. The van der Waals surface area contributed by atoms with Crippen molar-refractivity contribution in [3.05, 3.63) is 63.2 Å². The minimum atomic E-state index is -0.484. The summed E-state index contributed by atoms with van der Waals surface area (Å²) in [6, 6.07) is 5.14. The van der Waals surface area contributed by atoms with E-state index in [1.807, 2.05) is 24.0 Å². The first-order valence-electron chi connectivity index (χ1n) is 12.3. The van der Waals surface area contributed by atoms with E-state index in [-0.39, 0.29) is 41.5 Å². The standard InChI is InChI=1S/C27H33ClFN3O3/c1-4-23-16-31(7-8-32(23)27(34)26-6-5-9-35-26)15-21-11-22(28)10-19(17(21)2)13-25(33)20-12-24(29)18(3)30-14-20/h10-12,14,23,26H,4-9,13,15-16H2,1-3H3/t23-,26+/m0/s1. The zero-order valence-corrected chi connectivity index (χ0v) is 21.4. The van der Waals surface area contributed by atoms with Crippen molar-refractivity contribution < 1.29 is 18.7 Å². The molecule has 2 aromatic rings. The molecule has 2 fully saturated rings. The minimum Gasteiger partial charge on any atom is -0.368 e. The van der Waals surface area contributed by atoms with Crippen LogP contribution in [0.2, 0.25) is 5.02 Å². The average molecular weight is 502 g/mol. The first-order chi connectivity index (χ1) is 16.8. The van der Waals surface area contributed by atoms with Crippen LogP contribution in [-0.4, -0.2) is 64.9 Å². The number of Topliss-reactive ketones (excluding diaryl/α,β-unsaturated/α-hetero) is 1. The Labute approximate surface area is 211 Å². The van der Waals surface area contributed by atoms with E-state index >= 15 is 0 Å². The molecule has 2 saturated heterocycles. The molecule has 2 aliphatic heterocycles. The third-order valence-corrected chi connectivity index (χ3v) is 7.42. The van der Waals surface area contributed by atoms with Crippen molar-refractivity contribution in [1.82, 2.24) is 14.8 Å². The Bertz CT molecular complexity index is 1100. The van der Waals surface area contributed by atoms with Gasteiger partial charge in [0.25, 0.3) is 5.91 Å². The molecular formula is C27H33ClFN3O3. The number of carbonyl (C=O) groups is 2. The van der Waals surface area contributed by atoms with Gasteiger partial charge in [-0.2, -0.15) is 0 Å². The summed E-state index contributed by atoms with van der Waals surface area (Å²) in [5.41, 5.74) is 3.42. The number of halogens is 2. The van der Waals surface area contributed by atoms with Gasteiger partial charge in [-0.05, 0) is 68.0 Å². The number of hydrogen-bond donors (Lipinski definition) is 0. The van der Waals surface area contributed by atoms with Gasteiger partial charge >= 0.3 is 0 Å². The normalized spacial score (nSPS) is 20.9. The highest BCUT2D eigenvalue weighted by molar-refractivity contribution is 6.30. The summed E-state index contributed by atoms with van der Waals surface area (Å²) in [5, 5.41) is 0.570. The predicted molar refractivity (Wildman–Crippen MR) is 133 cm³/mol. The van der Waals surface area contributed by atoms with Gasteiger partial charge < -0.3 is 9.64 Å². The summed E-state index contributed by atoms with van der Waals surface area (Å²) < 4.78 is 19.5. The summed E-state index contributed by atoms with van der Waals surface area (Å²) >= 11 is 6.44. The quantitative estimate of drug-likeness (QED) is 0.522. The highest BCUT2D eigenvalue weighted by Crippen LogP contribution is 2.26. The fourth-order valence-electron chi connectivity index (χ4n) is 4.98. The van der Waals surface area contributed by atoms with Crippen molar-refractivity contribution in [3.8, 4) is 0 Å². The zero-order chi connectivity index (χ0) is 25.1. The lowest BCUT2D eigenvalue weighted by Crippen LogP contribution is -2.56. The molecule has 35 heavy (non-hydrogen) atoms. The second-order valence-electron chi connectivity index (χ2n) is 9.57. The monoisotopic (exact) mass is 501 g/mol. The molecule has 0 spiro atoms. The molecule has 2 aliphatic rings. The van der Waals surface area contributed by atoms with E-state index in [0.29, 0.717) is 24.7 Å². The lowest BCUT2D eigenvalue weighted by molar-refractivity contribution is -0.146. The van der Waals surface area contributed by atoms with Gasteiger partial charge in [0.2, 0.25) is 0 Å².